The molecule has 3 N–H and O–H groups in total. The highest BCUT2D eigenvalue weighted by Crippen LogP contribution is 2.66. The van der Waals surface area contributed by atoms with Crippen molar-refractivity contribution < 1.29 is 23.6 Å². The van der Waals surface area contributed by atoms with E-state index in [1.807, 2.05) is 42.5 Å². The first-order chi connectivity index (χ1) is 20.3. The second kappa shape index (κ2) is 9.22. The highest BCUT2D eigenvalue weighted by molar-refractivity contribution is 6.17. The number of Topliss-reactive ketones (excluding diaryl/α,β-unsaturated/α-hetero) is 1. The van der Waals surface area contributed by atoms with Gasteiger partial charge in [0.25, 0.3) is 11.6 Å². The van der Waals surface area contributed by atoms with E-state index in [-0.39, 0.29) is 23.5 Å². The van der Waals surface area contributed by atoms with E-state index >= 15 is 4.79 Å². The van der Waals surface area contributed by atoms with Crippen LogP contribution in [0.3, 0.4) is 0 Å². The molecule has 210 valence electrons. The smallest absolute Gasteiger partial charge is 0.293 e. The number of para-hydroxylation sites is 1. The van der Waals surface area contributed by atoms with Crippen LogP contribution in [0.15, 0.2) is 91.0 Å². The third-order valence-corrected chi connectivity index (χ3v) is 8.95. The largest absolute Gasteiger partial charge is 0.497 e. The maximum absolute atomic E-state index is 15.1. The number of halogens is 1. The summed E-state index contributed by atoms with van der Waals surface area (Å²) in [4.78, 5) is 40.8. The first-order valence-electron chi connectivity index (χ1n) is 13.5. The molecule has 1 saturated heterocycles. The average molecular weight is 565 g/mol. The number of carbonyl (C=O) groups excluding carboxylic acids is 2. The molecule has 0 aliphatic carbocycles. The van der Waals surface area contributed by atoms with Crippen LogP contribution in [-0.2, 0) is 10.3 Å². The zero-order chi connectivity index (χ0) is 29.2. The van der Waals surface area contributed by atoms with Crippen LogP contribution in [0, 0.1) is 21.3 Å². The van der Waals surface area contributed by atoms with Crippen molar-refractivity contribution in [3.05, 3.63) is 129 Å². The molecule has 1 fully saturated rings. The molecule has 1 amide bonds. The van der Waals surface area contributed by atoms with Gasteiger partial charge < -0.3 is 15.4 Å². The van der Waals surface area contributed by atoms with Crippen molar-refractivity contribution in [3.63, 3.8) is 0 Å². The lowest BCUT2D eigenvalue weighted by molar-refractivity contribution is -0.384. The Labute approximate surface area is 239 Å². The Kier molecular flexibility index (Phi) is 5.67. The summed E-state index contributed by atoms with van der Waals surface area (Å²) in [5, 5.41) is 21.5. The zero-order valence-corrected chi connectivity index (χ0v) is 22.4. The number of benzene rings is 4. The number of nitro groups is 1. The fourth-order valence-electron chi connectivity index (χ4n) is 7.22. The van der Waals surface area contributed by atoms with Crippen LogP contribution in [-0.4, -0.2) is 30.3 Å². The first kappa shape index (κ1) is 25.8. The van der Waals surface area contributed by atoms with Gasteiger partial charge in [-0.3, -0.25) is 25.0 Å². The number of hydrogen-bond donors (Lipinski definition) is 3. The number of ketones is 1. The number of fused-ring (bicyclic) bond motifs is 4. The molecular formula is C32H25FN4O5. The van der Waals surface area contributed by atoms with Gasteiger partial charge >= 0.3 is 0 Å². The summed E-state index contributed by atoms with van der Waals surface area (Å²) < 4.78 is 20.3. The lowest BCUT2D eigenvalue weighted by atomic mass is 9.55. The summed E-state index contributed by atoms with van der Waals surface area (Å²) in [5.74, 6) is -1.55. The molecule has 0 unspecified atom stereocenters. The molecule has 3 aliphatic rings. The number of ether oxygens (including phenoxy) is 1. The van der Waals surface area contributed by atoms with E-state index in [0.717, 1.165) is 11.1 Å². The van der Waals surface area contributed by atoms with Crippen molar-refractivity contribution in [2.24, 2.45) is 5.41 Å². The van der Waals surface area contributed by atoms with E-state index in [1.54, 1.807) is 19.2 Å². The molecule has 7 rings (SSSR count). The predicted octanol–water partition coefficient (Wildman–Crippen LogP) is 5.31. The van der Waals surface area contributed by atoms with Gasteiger partial charge in [0.1, 0.15) is 22.8 Å². The molecule has 3 aliphatic heterocycles. The Morgan fingerprint density at radius 3 is 2.43 bits per heavy atom. The topological polar surface area (TPSA) is 123 Å². The van der Waals surface area contributed by atoms with E-state index in [0.29, 0.717) is 17.0 Å². The summed E-state index contributed by atoms with van der Waals surface area (Å²) in [7, 11) is 1.56. The average Bonchev–Trinajstić information content (AvgIpc) is 3.47. The van der Waals surface area contributed by atoms with Crippen molar-refractivity contribution in [1.29, 1.82) is 0 Å². The zero-order valence-electron chi connectivity index (χ0n) is 22.4. The molecule has 4 atom stereocenters. The number of carbonyl (C=O) groups is 2. The number of rotatable bonds is 4. The standard InChI is InChI=1S/C32H25FN4O5/c1-42-21-13-10-18(11-14-21)26-27(19-6-3-2-4-7-19)36-32(23-16-20(33)12-15-24(23)35-30(32)39)31(26)17-34-28-22(29(31)38)8-5-9-25(28)37(40)41/h2-16,26-27,34,36H,17H2,1H3,(H,35,39)/t26-,27-,31-,32-/m1/s1. The molecule has 42 heavy (non-hydrogen) atoms. The summed E-state index contributed by atoms with van der Waals surface area (Å²) in [6, 6.07) is 24.5. The Morgan fingerprint density at radius 1 is 0.952 bits per heavy atom. The molecule has 4 aromatic carbocycles. The minimum atomic E-state index is -1.72. The van der Waals surface area contributed by atoms with E-state index in [1.165, 1.54) is 36.4 Å². The third kappa shape index (κ3) is 3.32. The monoisotopic (exact) mass is 564 g/mol. The third-order valence-electron chi connectivity index (χ3n) is 8.95. The molecule has 0 aromatic heterocycles. The van der Waals surface area contributed by atoms with Crippen LogP contribution < -0.4 is 20.7 Å². The Morgan fingerprint density at radius 2 is 1.71 bits per heavy atom. The lowest BCUT2D eigenvalue weighted by Crippen LogP contribution is -2.62. The van der Waals surface area contributed by atoms with Crippen LogP contribution in [0.2, 0.25) is 0 Å². The molecule has 0 saturated carbocycles. The Balaban J connectivity index is 1.57. The lowest BCUT2D eigenvalue weighted by Gasteiger charge is -2.46. The Hall–Kier alpha value is -5.09. The minimum Gasteiger partial charge on any atom is -0.497 e. The van der Waals surface area contributed by atoms with Crippen LogP contribution in [0.4, 0.5) is 21.5 Å². The van der Waals surface area contributed by atoms with Gasteiger partial charge in [0.15, 0.2) is 5.78 Å². The van der Waals surface area contributed by atoms with E-state index < -0.39 is 45.3 Å². The molecule has 10 heteroatoms. The van der Waals surface area contributed by atoms with E-state index in [4.69, 9.17) is 4.74 Å². The van der Waals surface area contributed by atoms with Crippen LogP contribution >= 0.6 is 0 Å². The van der Waals surface area contributed by atoms with Gasteiger partial charge in [-0.2, -0.15) is 0 Å². The first-order valence-corrected chi connectivity index (χ1v) is 13.5. The summed E-state index contributed by atoms with van der Waals surface area (Å²) in [6.45, 7) is -0.125. The normalized spacial score (nSPS) is 25.6. The van der Waals surface area contributed by atoms with Crippen molar-refractivity contribution in [2.45, 2.75) is 17.5 Å². The Bertz CT molecular complexity index is 1780. The summed E-state index contributed by atoms with van der Waals surface area (Å²) >= 11 is 0. The molecular weight excluding hydrogens is 539 g/mol. The fraction of sp³-hybridized carbons (Fsp3) is 0.188. The van der Waals surface area contributed by atoms with Crippen molar-refractivity contribution in [1.82, 2.24) is 5.32 Å². The minimum absolute atomic E-state index is 0.0986. The van der Waals surface area contributed by atoms with E-state index in [9.17, 15) is 19.3 Å². The van der Waals surface area contributed by atoms with Crippen molar-refractivity contribution >= 4 is 28.8 Å². The number of nitrogens with one attached hydrogen (secondary N) is 3. The summed E-state index contributed by atoms with van der Waals surface area (Å²) in [5.41, 5.74) is -1.06. The maximum atomic E-state index is 15.1. The molecule has 3 heterocycles. The summed E-state index contributed by atoms with van der Waals surface area (Å²) in [6.07, 6.45) is 0. The predicted molar refractivity (Wildman–Crippen MR) is 153 cm³/mol. The number of nitro benzene ring substituents is 1. The highest BCUT2D eigenvalue weighted by atomic mass is 19.1. The SMILES string of the molecule is COc1ccc([C@@H]2[C@@H](c3ccccc3)N[C@]3(C(=O)Nc4ccc(F)cc43)[C@]23CNc2c(cccc2[N+](=O)[O-])C3=O)cc1. The van der Waals surface area contributed by atoms with Gasteiger partial charge in [-0.1, -0.05) is 48.5 Å². The highest BCUT2D eigenvalue weighted by Gasteiger charge is 2.75. The number of hydrogen-bond acceptors (Lipinski definition) is 7. The van der Waals surface area contributed by atoms with Crippen LogP contribution in [0.1, 0.15) is 39.0 Å². The quantitative estimate of drug-likeness (QED) is 0.227. The van der Waals surface area contributed by atoms with E-state index in [2.05, 4.69) is 16.0 Å². The van der Waals surface area contributed by atoms with Gasteiger partial charge in [-0.05, 0) is 47.5 Å². The second-order valence-corrected chi connectivity index (χ2v) is 10.8. The second-order valence-electron chi connectivity index (χ2n) is 10.8. The molecule has 0 bridgehead atoms. The van der Waals surface area contributed by atoms with Crippen molar-refractivity contribution in [3.8, 4) is 5.75 Å². The van der Waals surface area contributed by atoms with Gasteiger partial charge in [0.05, 0.1) is 17.4 Å². The molecule has 9 nitrogen and oxygen atoms in total. The molecule has 4 aromatic rings. The van der Waals surface area contributed by atoms with Gasteiger partial charge in [0.2, 0.25) is 0 Å². The molecule has 0 radical (unpaired) electrons. The van der Waals surface area contributed by atoms with Crippen LogP contribution in [0.5, 0.6) is 5.75 Å². The number of methoxy groups -OCH3 is 1. The fourth-order valence-corrected chi connectivity index (χ4v) is 7.22. The number of amides is 1. The maximum Gasteiger partial charge on any atom is 0.293 e. The van der Waals surface area contributed by atoms with Gasteiger partial charge in [-0.15, -0.1) is 0 Å². The van der Waals surface area contributed by atoms with Gasteiger partial charge in [-0.25, -0.2) is 4.39 Å². The number of anilines is 2. The van der Waals surface area contributed by atoms with Gasteiger partial charge in [0, 0.05) is 41.4 Å². The number of nitrogens with zero attached hydrogens (tertiary/aromatic N) is 1. The van der Waals surface area contributed by atoms with Crippen molar-refractivity contribution in [2.75, 3.05) is 24.3 Å². The van der Waals surface area contributed by atoms with Crippen LogP contribution in [0.25, 0.3) is 0 Å². The molecule has 2 spiro atoms.